The monoisotopic (exact) mass is 419 g/mol. The average molecular weight is 420 g/mol. The summed E-state index contributed by atoms with van der Waals surface area (Å²) in [7, 11) is 5.87. The minimum Gasteiger partial charge on any atom is -0.494 e. The number of hydrogen-bond acceptors (Lipinski definition) is 5. The van der Waals surface area contributed by atoms with Crippen molar-refractivity contribution in [3.8, 4) is 16.9 Å². The predicted octanol–water partition coefficient (Wildman–Crippen LogP) is 3.86. The molecule has 31 heavy (non-hydrogen) atoms. The second-order valence-electron chi connectivity index (χ2n) is 8.44. The Balaban J connectivity index is 1.70. The summed E-state index contributed by atoms with van der Waals surface area (Å²) in [5.41, 5.74) is 4.28. The third-order valence-corrected chi connectivity index (χ3v) is 5.49. The maximum absolute atomic E-state index is 12.8. The number of rotatable bonds is 7. The highest BCUT2D eigenvalue weighted by molar-refractivity contribution is 6.02. The zero-order chi connectivity index (χ0) is 22.1. The Kier molecular flexibility index (Phi) is 5.78. The molecule has 0 saturated heterocycles. The van der Waals surface area contributed by atoms with Crippen LogP contribution in [-0.2, 0) is 7.05 Å². The van der Waals surface area contributed by atoms with Crippen LogP contribution in [0.2, 0.25) is 0 Å². The van der Waals surface area contributed by atoms with Crippen molar-refractivity contribution in [1.82, 2.24) is 24.2 Å². The van der Waals surface area contributed by atoms with Gasteiger partial charge in [0.25, 0.3) is 0 Å². The van der Waals surface area contributed by atoms with E-state index < -0.39 is 0 Å². The molecule has 2 aromatic carbocycles. The van der Waals surface area contributed by atoms with Crippen molar-refractivity contribution in [1.29, 1.82) is 0 Å². The lowest BCUT2D eigenvalue weighted by Gasteiger charge is -2.11. The van der Waals surface area contributed by atoms with Gasteiger partial charge in [-0.05, 0) is 69.8 Å². The molecule has 4 aromatic rings. The molecular formula is C24H29N5O2. The van der Waals surface area contributed by atoms with Crippen LogP contribution in [0.4, 0.5) is 0 Å². The van der Waals surface area contributed by atoms with Gasteiger partial charge in [0.1, 0.15) is 11.3 Å². The average Bonchev–Trinajstić information content (AvgIpc) is 3.02. The molecule has 162 valence electrons. The highest BCUT2D eigenvalue weighted by Crippen LogP contribution is 2.29. The molecule has 0 N–H and O–H groups in total. The lowest BCUT2D eigenvalue weighted by atomic mass is 10.0. The summed E-state index contributed by atoms with van der Waals surface area (Å²) in [6.45, 7) is 5.72. The molecule has 4 rings (SSSR count). The highest BCUT2D eigenvalue weighted by Gasteiger charge is 2.18. The number of hydrogen-bond donors (Lipinski definition) is 0. The highest BCUT2D eigenvalue weighted by atomic mass is 16.5. The molecule has 0 atom stereocenters. The van der Waals surface area contributed by atoms with Crippen molar-refractivity contribution in [3.63, 3.8) is 0 Å². The Morgan fingerprint density at radius 2 is 1.74 bits per heavy atom. The number of aryl methyl sites for hydroxylation is 1. The third-order valence-electron chi connectivity index (χ3n) is 5.49. The Morgan fingerprint density at radius 3 is 2.42 bits per heavy atom. The molecule has 0 saturated carbocycles. The van der Waals surface area contributed by atoms with Gasteiger partial charge >= 0.3 is 5.69 Å². The number of aromatic nitrogens is 4. The summed E-state index contributed by atoms with van der Waals surface area (Å²) in [5.74, 6) is 0.869. The van der Waals surface area contributed by atoms with Crippen LogP contribution in [0.15, 0.2) is 47.3 Å². The summed E-state index contributed by atoms with van der Waals surface area (Å²) >= 11 is 0. The quantitative estimate of drug-likeness (QED) is 0.426. The SMILES string of the molecule is CC(C)n1c(=O)n(C)c2nnc3ccc(-c4ccc(OCCCN(C)C)cc4)cc3c21. The van der Waals surface area contributed by atoms with Gasteiger partial charge in [0.05, 0.1) is 12.1 Å². The summed E-state index contributed by atoms with van der Waals surface area (Å²) in [5, 5.41) is 9.57. The smallest absolute Gasteiger partial charge is 0.330 e. The molecule has 0 aliphatic rings. The summed E-state index contributed by atoms with van der Waals surface area (Å²) < 4.78 is 9.21. The molecule has 0 aliphatic carbocycles. The standard InChI is InChI=1S/C24H29N5O2/c1-16(2)29-22-20-15-18(9-12-21(20)25-26-23(22)28(5)24(29)30)17-7-10-19(11-8-17)31-14-6-13-27(3)4/h7-12,15-16H,6,13-14H2,1-5H3. The minimum absolute atomic E-state index is 0.0242. The third kappa shape index (κ3) is 4.05. The maximum atomic E-state index is 12.8. The summed E-state index contributed by atoms with van der Waals surface area (Å²) in [4.78, 5) is 14.9. The molecule has 0 fully saturated rings. The molecule has 0 aliphatic heterocycles. The van der Waals surface area contributed by atoms with Crippen molar-refractivity contribution in [3.05, 3.63) is 52.9 Å². The number of ether oxygens (including phenoxy) is 1. The van der Waals surface area contributed by atoms with E-state index in [0.29, 0.717) is 12.3 Å². The molecule has 0 bridgehead atoms. The van der Waals surface area contributed by atoms with Gasteiger partial charge in [0.2, 0.25) is 0 Å². The van der Waals surface area contributed by atoms with E-state index in [4.69, 9.17) is 4.74 Å². The number of imidazole rings is 1. The Labute approximate surface area is 181 Å². The summed E-state index contributed by atoms with van der Waals surface area (Å²) in [6, 6.07) is 14.3. The number of fused-ring (bicyclic) bond motifs is 3. The first-order valence-electron chi connectivity index (χ1n) is 10.6. The van der Waals surface area contributed by atoms with E-state index in [1.807, 2.05) is 38.1 Å². The molecule has 2 heterocycles. The van der Waals surface area contributed by atoms with Crippen LogP contribution >= 0.6 is 0 Å². The zero-order valence-electron chi connectivity index (χ0n) is 18.8. The molecule has 0 spiro atoms. The fourth-order valence-corrected chi connectivity index (χ4v) is 3.87. The van der Waals surface area contributed by atoms with Gasteiger partial charge in [-0.1, -0.05) is 18.2 Å². The maximum Gasteiger partial charge on any atom is 0.330 e. The lowest BCUT2D eigenvalue weighted by Crippen LogP contribution is -2.23. The fourth-order valence-electron chi connectivity index (χ4n) is 3.87. The van der Waals surface area contributed by atoms with E-state index in [0.717, 1.165) is 46.3 Å². The van der Waals surface area contributed by atoms with Crippen molar-refractivity contribution < 1.29 is 4.74 Å². The van der Waals surface area contributed by atoms with Crippen LogP contribution in [-0.4, -0.2) is 51.5 Å². The second kappa shape index (κ2) is 8.51. The van der Waals surface area contributed by atoms with Crippen LogP contribution in [0.25, 0.3) is 33.2 Å². The predicted molar refractivity (Wildman–Crippen MR) is 125 cm³/mol. The van der Waals surface area contributed by atoms with Crippen molar-refractivity contribution in [2.24, 2.45) is 7.05 Å². The first-order chi connectivity index (χ1) is 14.9. The van der Waals surface area contributed by atoms with E-state index >= 15 is 0 Å². The van der Waals surface area contributed by atoms with Crippen molar-refractivity contribution in [2.45, 2.75) is 26.3 Å². The van der Waals surface area contributed by atoms with E-state index in [2.05, 4.69) is 47.4 Å². The van der Waals surface area contributed by atoms with Gasteiger partial charge in [-0.3, -0.25) is 9.13 Å². The number of nitrogens with zero attached hydrogens (tertiary/aromatic N) is 5. The fraction of sp³-hybridized carbons (Fsp3) is 0.375. The van der Waals surface area contributed by atoms with Crippen LogP contribution in [0, 0.1) is 0 Å². The van der Waals surface area contributed by atoms with Crippen LogP contribution < -0.4 is 10.4 Å². The molecular weight excluding hydrogens is 390 g/mol. The molecule has 0 radical (unpaired) electrons. The first-order valence-corrected chi connectivity index (χ1v) is 10.6. The Bertz CT molecular complexity index is 1270. The van der Waals surface area contributed by atoms with E-state index in [-0.39, 0.29) is 11.7 Å². The van der Waals surface area contributed by atoms with Crippen molar-refractivity contribution in [2.75, 3.05) is 27.2 Å². The van der Waals surface area contributed by atoms with E-state index in [1.54, 1.807) is 16.2 Å². The number of benzene rings is 2. The second-order valence-corrected chi connectivity index (χ2v) is 8.44. The molecule has 7 heteroatoms. The topological polar surface area (TPSA) is 65.2 Å². The normalized spacial score (nSPS) is 11.8. The van der Waals surface area contributed by atoms with Crippen molar-refractivity contribution >= 4 is 22.1 Å². The zero-order valence-corrected chi connectivity index (χ0v) is 18.8. The molecule has 0 unspecified atom stereocenters. The molecule has 0 amide bonds. The van der Waals surface area contributed by atoms with E-state index in [1.165, 1.54) is 0 Å². The van der Waals surface area contributed by atoms with Gasteiger partial charge in [-0.2, -0.15) is 0 Å². The van der Waals surface area contributed by atoms with Crippen LogP contribution in [0.1, 0.15) is 26.3 Å². The van der Waals surface area contributed by atoms with Gasteiger partial charge in [0, 0.05) is 25.0 Å². The van der Waals surface area contributed by atoms with Gasteiger partial charge in [-0.25, -0.2) is 4.79 Å². The minimum atomic E-state index is -0.0760. The lowest BCUT2D eigenvalue weighted by molar-refractivity contribution is 0.281. The van der Waals surface area contributed by atoms with Gasteiger partial charge in [0.15, 0.2) is 5.65 Å². The Morgan fingerprint density at radius 1 is 1.03 bits per heavy atom. The summed E-state index contributed by atoms with van der Waals surface area (Å²) in [6.07, 6.45) is 0.991. The first kappa shape index (κ1) is 21.1. The molecule has 7 nitrogen and oxygen atoms in total. The van der Waals surface area contributed by atoms with E-state index in [9.17, 15) is 4.79 Å². The van der Waals surface area contributed by atoms with Gasteiger partial charge in [-0.15, -0.1) is 10.2 Å². The Hall–Kier alpha value is -3.19. The van der Waals surface area contributed by atoms with Gasteiger partial charge < -0.3 is 9.64 Å². The van der Waals surface area contributed by atoms with Crippen LogP contribution in [0.3, 0.4) is 0 Å². The van der Waals surface area contributed by atoms with Crippen LogP contribution in [0.5, 0.6) is 5.75 Å². The molecule has 2 aromatic heterocycles. The largest absolute Gasteiger partial charge is 0.494 e.